The topological polar surface area (TPSA) is 68.0 Å². The molecule has 0 saturated heterocycles. The highest BCUT2D eigenvalue weighted by molar-refractivity contribution is 5.97. The molecule has 0 aliphatic rings. The second kappa shape index (κ2) is 5.38. The lowest BCUT2D eigenvalue weighted by Gasteiger charge is -2.10. The lowest BCUT2D eigenvalue weighted by Crippen LogP contribution is -2.31. The zero-order valence-corrected chi connectivity index (χ0v) is 11.7. The quantitative estimate of drug-likeness (QED) is 0.918. The maximum Gasteiger partial charge on any atom is 0.257 e. The number of nitrogens with zero attached hydrogens (tertiary/aromatic N) is 2. The first-order valence-electron chi connectivity index (χ1n) is 6.59. The highest BCUT2D eigenvalue weighted by Crippen LogP contribution is 2.24. The van der Waals surface area contributed by atoms with Crippen LogP contribution in [0.5, 0.6) is 0 Å². The van der Waals surface area contributed by atoms with Crippen molar-refractivity contribution < 1.29 is 9.32 Å². The summed E-state index contributed by atoms with van der Waals surface area (Å²) in [5, 5.41) is 7.74. The van der Waals surface area contributed by atoms with Crippen LogP contribution < -0.4 is 5.32 Å². The molecule has 1 N–H and O–H groups in total. The highest BCUT2D eigenvalue weighted by atomic mass is 16.5. The molecular weight excluding hydrogens is 242 g/mol. The first-order chi connectivity index (χ1) is 9.02. The van der Waals surface area contributed by atoms with Crippen LogP contribution in [0.1, 0.15) is 56.1 Å². The van der Waals surface area contributed by atoms with Crippen LogP contribution in [-0.2, 0) is 0 Å². The third kappa shape index (κ3) is 2.75. The van der Waals surface area contributed by atoms with Crippen LogP contribution in [0.2, 0.25) is 0 Å². The zero-order valence-electron chi connectivity index (χ0n) is 11.7. The Labute approximate surface area is 112 Å². The molecule has 0 fully saturated rings. The number of pyridine rings is 1. The first kappa shape index (κ1) is 13.5. The summed E-state index contributed by atoms with van der Waals surface area (Å²) in [6.45, 7) is 8.07. The Morgan fingerprint density at radius 1 is 1.42 bits per heavy atom. The van der Waals surface area contributed by atoms with Gasteiger partial charge in [0.15, 0.2) is 0 Å². The Morgan fingerprint density at radius 2 is 2.16 bits per heavy atom. The minimum absolute atomic E-state index is 0.111. The first-order valence-corrected chi connectivity index (χ1v) is 6.59. The van der Waals surface area contributed by atoms with Gasteiger partial charge in [-0.05, 0) is 25.3 Å². The summed E-state index contributed by atoms with van der Waals surface area (Å²) in [6, 6.07) is 1.95. The molecule has 0 aliphatic heterocycles. The lowest BCUT2D eigenvalue weighted by molar-refractivity contribution is 0.0939. The van der Waals surface area contributed by atoms with Gasteiger partial charge < -0.3 is 9.84 Å². The second-order valence-corrected chi connectivity index (χ2v) is 5.08. The van der Waals surface area contributed by atoms with E-state index in [2.05, 4.69) is 15.5 Å². The zero-order chi connectivity index (χ0) is 14.0. The van der Waals surface area contributed by atoms with Gasteiger partial charge in [-0.3, -0.25) is 4.79 Å². The molecule has 2 aromatic heterocycles. The van der Waals surface area contributed by atoms with E-state index < -0.39 is 0 Å². The molecule has 0 spiro atoms. The number of aromatic nitrogens is 2. The molecule has 1 atom stereocenters. The van der Waals surface area contributed by atoms with Gasteiger partial charge in [0.1, 0.15) is 0 Å². The number of rotatable bonds is 4. The van der Waals surface area contributed by atoms with Crippen LogP contribution in [0.3, 0.4) is 0 Å². The smallest absolute Gasteiger partial charge is 0.257 e. The summed E-state index contributed by atoms with van der Waals surface area (Å²) in [4.78, 5) is 16.2. The maximum atomic E-state index is 12.1. The molecule has 0 bridgehead atoms. The van der Waals surface area contributed by atoms with Crippen LogP contribution in [0.4, 0.5) is 0 Å². The Kier molecular flexibility index (Phi) is 3.83. The number of hydrogen-bond donors (Lipinski definition) is 1. The summed E-state index contributed by atoms with van der Waals surface area (Å²) in [5.74, 6) is 0.121. The van der Waals surface area contributed by atoms with Crippen molar-refractivity contribution in [2.45, 2.75) is 46.1 Å². The Bertz CT molecular complexity index is 589. The van der Waals surface area contributed by atoms with Gasteiger partial charge in [0.25, 0.3) is 11.6 Å². The number of carbonyl (C=O) groups excluding carboxylic acids is 1. The molecule has 19 heavy (non-hydrogen) atoms. The van der Waals surface area contributed by atoms with Crippen molar-refractivity contribution in [3.8, 4) is 0 Å². The van der Waals surface area contributed by atoms with E-state index >= 15 is 0 Å². The fourth-order valence-electron chi connectivity index (χ4n) is 1.80. The highest BCUT2D eigenvalue weighted by Gasteiger charge is 2.16. The van der Waals surface area contributed by atoms with Crippen LogP contribution in [-0.4, -0.2) is 22.1 Å². The Hall–Kier alpha value is -1.91. The van der Waals surface area contributed by atoms with Crippen molar-refractivity contribution in [1.29, 1.82) is 0 Å². The van der Waals surface area contributed by atoms with E-state index in [4.69, 9.17) is 4.52 Å². The largest absolute Gasteiger partial charge is 0.350 e. The van der Waals surface area contributed by atoms with Gasteiger partial charge in [0, 0.05) is 12.2 Å². The predicted molar refractivity (Wildman–Crippen MR) is 73.1 cm³/mol. The molecule has 0 saturated carbocycles. The fourth-order valence-corrected chi connectivity index (χ4v) is 1.80. The van der Waals surface area contributed by atoms with E-state index in [0.717, 1.165) is 17.5 Å². The predicted octanol–water partition coefficient (Wildman–Crippen LogP) is 2.87. The molecule has 2 rings (SSSR count). The molecule has 0 aromatic carbocycles. The normalized spacial score (nSPS) is 12.9. The maximum absolute atomic E-state index is 12.1. The van der Waals surface area contributed by atoms with Gasteiger partial charge >= 0.3 is 0 Å². The summed E-state index contributed by atoms with van der Waals surface area (Å²) in [5.41, 5.74) is 1.85. The van der Waals surface area contributed by atoms with Crippen molar-refractivity contribution in [1.82, 2.24) is 15.5 Å². The van der Waals surface area contributed by atoms with E-state index in [9.17, 15) is 4.79 Å². The van der Waals surface area contributed by atoms with Gasteiger partial charge in [0.05, 0.1) is 16.6 Å². The number of carbonyl (C=O) groups is 1. The number of hydrogen-bond acceptors (Lipinski definition) is 4. The van der Waals surface area contributed by atoms with E-state index in [1.807, 2.05) is 27.7 Å². The SMILES string of the molecule is CCC(C)NC(=O)c1cnc2onc(C(C)C)c2c1. The van der Waals surface area contributed by atoms with Crippen LogP contribution >= 0.6 is 0 Å². The van der Waals surface area contributed by atoms with E-state index in [1.165, 1.54) is 6.20 Å². The van der Waals surface area contributed by atoms with Crippen molar-refractivity contribution in [2.24, 2.45) is 0 Å². The minimum Gasteiger partial charge on any atom is -0.350 e. The monoisotopic (exact) mass is 261 g/mol. The molecule has 1 amide bonds. The van der Waals surface area contributed by atoms with Crippen molar-refractivity contribution >= 4 is 17.0 Å². The Balaban J connectivity index is 2.34. The number of nitrogens with one attached hydrogen (secondary N) is 1. The average molecular weight is 261 g/mol. The molecule has 5 nitrogen and oxygen atoms in total. The minimum atomic E-state index is -0.111. The molecule has 0 radical (unpaired) electrons. The van der Waals surface area contributed by atoms with E-state index in [0.29, 0.717) is 11.3 Å². The molecule has 2 aromatic rings. The summed E-state index contributed by atoms with van der Waals surface area (Å²) in [7, 11) is 0. The third-order valence-electron chi connectivity index (χ3n) is 3.16. The summed E-state index contributed by atoms with van der Waals surface area (Å²) < 4.78 is 5.15. The lowest BCUT2D eigenvalue weighted by atomic mass is 10.1. The molecular formula is C14H19N3O2. The standard InChI is InChI=1S/C14H19N3O2/c1-5-9(4)16-13(18)10-6-11-12(8(2)3)17-19-14(11)15-7-10/h6-9H,5H2,1-4H3,(H,16,18). The van der Waals surface area contributed by atoms with Gasteiger partial charge in [-0.15, -0.1) is 0 Å². The fraction of sp³-hybridized carbons (Fsp3) is 0.500. The third-order valence-corrected chi connectivity index (χ3v) is 3.16. The molecule has 1 unspecified atom stereocenters. The van der Waals surface area contributed by atoms with Gasteiger partial charge in [-0.1, -0.05) is 25.9 Å². The number of amides is 1. The number of fused-ring (bicyclic) bond motifs is 1. The molecule has 2 heterocycles. The van der Waals surface area contributed by atoms with E-state index in [-0.39, 0.29) is 17.9 Å². The van der Waals surface area contributed by atoms with Gasteiger partial charge in [0.2, 0.25) is 0 Å². The molecule has 5 heteroatoms. The van der Waals surface area contributed by atoms with Crippen molar-refractivity contribution in [3.63, 3.8) is 0 Å². The molecule has 0 aliphatic carbocycles. The summed E-state index contributed by atoms with van der Waals surface area (Å²) >= 11 is 0. The summed E-state index contributed by atoms with van der Waals surface area (Å²) in [6.07, 6.45) is 2.42. The Morgan fingerprint density at radius 3 is 2.79 bits per heavy atom. The van der Waals surface area contributed by atoms with Gasteiger partial charge in [-0.2, -0.15) is 0 Å². The van der Waals surface area contributed by atoms with Crippen molar-refractivity contribution in [2.75, 3.05) is 0 Å². The van der Waals surface area contributed by atoms with Crippen LogP contribution in [0.25, 0.3) is 11.1 Å². The average Bonchev–Trinajstić information content (AvgIpc) is 2.81. The van der Waals surface area contributed by atoms with Crippen LogP contribution in [0.15, 0.2) is 16.8 Å². The van der Waals surface area contributed by atoms with Crippen LogP contribution in [0, 0.1) is 0 Å². The van der Waals surface area contributed by atoms with E-state index in [1.54, 1.807) is 6.07 Å². The molecule has 102 valence electrons. The van der Waals surface area contributed by atoms with Crippen molar-refractivity contribution in [3.05, 3.63) is 23.5 Å². The van der Waals surface area contributed by atoms with Gasteiger partial charge in [-0.25, -0.2) is 4.98 Å². The second-order valence-electron chi connectivity index (χ2n) is 5.08.